The lowest BCUT2D eigenvalue weighted by Crippen LogP contribution is -2.53. The van der Waals surface area contributed by atoms with Gasteiger partial charge >= 0.3 is 0 Å². The normalized spacial score (nSPS) is 23.4. The lowest BCUT2D eigenvalue weighted by atomic mass is 9.97. The quantitative estimate of drug-likeness (QED) is 0.760. The monoisotopic (exact) mass is 378 g/mol. The average molecular weight is 378 g/mol. The molecule has 1 aromatic carbocycles. The summed E-state index contributed by atoms with van der Waals surface area (Å²) in [6.07, 6.45) is 1.06. The molecule has 2 heterocycles. The third-order valence-corrected chi connectivity index (χ3v) is 4.94. The molecule has 2 aliphatic rings. The van der Waals surface area contributed by atoms with Gasteiger partial charge in [0.2, 0.25) is 5.91 Å². The second-order valence-corrected chi connectivity index (χ2v) is 6.69. The number of carbonyl (C=O) groups is 2. The van der Waals surface area contributed by atoms with E-state index in [1.165, 1.54) is 7.11 Å². The second kappa shape index (κ2) is 9.05. The molecule has 2 amide bonds. The molecule has 8 nitrogen and oxygen atoms in total. The molecule has 0 bridgehead atoms. The first kappa shape index (κ1) is 19.4. The zero-order valence-corrected chi connectivity index (χ0v) is 15.7. The van der Waals surface area contributed by atoms with E-state index in [9.17, 15) is 9.59 Å². The lowest BCUT2D eigenvalue weighted by molar-refractivity contribution is -0.148. The highest BCUT2D eigenvalue weighted by atomic mass is 16.5. The van der Waals surface area contributed by atoms with Crippen LogP contribution in [0.5, 0.6) is 11.5 Å². The van der Waals surface area contributed by atoms with Gasteiger partial charge in [0.25, 0.3) is 5.91 Å². The fraction of sp³-hybridized carbons (Fsp3) is 0.579. The van der Waals surface area contributed by atoms with E-state index in [0.29, 0.717) is 29.5 Å². The molecule has 8 heteroatoms. The van der Waals surface area contributed by atoms with Gasteiger partial charge in [-0.05, 0) is 36.5 Å². The lowest BCUT2D eigenvalue weighted by Gasteiger charge is -2.32. The summed E-state index contributed by atoms with van der Waals surface area (Å²) in [6.45, 7) is 1.89. The molecule has 148 valence electrons. The summed E-state index contributed by atoms with van der Waals surface area (Å²) in [5, 5.41) is 5.81. The molecule has 2 atom stereocenters. The Balaban J connectivity index is 1.72. The van der Waals surface area contributed by atoms with Crippen LogP contribution in [0.3, 0.4) is 0 Å². The number of benzene rings is 1. The third-order valence-electron chi connectivity index (χ3n) is 4.94. The van der Waals surface area contributed by atoms with Gasteiger partial charge in [0.05, 0.1) is 20.3 Å². The maximum absolute atomic E-state index is 12.7. The van der Waals surface area contributed by atoms with Crippen LogP contribution in [-0.2, 0) is 19.1 Å². The maximum Gasteiger partial charge on any atom is 0.251 e. The van der Waals surface area contributed by atoms with Crippen LogP contribution in [0.25, 0.3) is 0 Å². The van der Waals surface area contributed by atoms with Crippen molar-refractivity contribution in [2.75, 3.05) is 40.6 Å². The summed E-state index contributed by atoms with van der Waals surface area (Å²) in [5.41, 5.74) is 0.715. The van der Waals surface area contributed by atoms with Gasteiger partial charge in [-0.2, -0.15) is 0 Å². The van der Waals surface area contributed by atoms with E-state index in [2.05, 4.69) is 10.6 Å². The van der Waals surface area contributed by atoms with Crippen molar-refractivity contribution in [3.05, 3.63) is 23.8 Å². The van der Waals surface area contributed by atoms with Crippen LogP contribution < -0.4 is 20.1 Å². The number of ether oxygens (including phenoxy) is 4. The summed E-state index contributed by atoms with van der Waals surface area (Å²) in [7, 11) is 3.09. The minimum atomic E-state index is -0.805. The molecule has 2 N–H and O–H groups in total. The molecule has 3 rings (SSSR count). The van der Waals surface area contributed by atoms with E-state index in [0.717, 1.165) is 26.1 Å². The second-order valence-electron chi connectivity index (χ2n) is 6.69. The minimum Gasteiger partial charge on any atom is -0.493 e. The summed E-state index contributed by atoms with van der Waals surface area (Å²) >= 11 is 0. The van der Waals surface area contributed by atoms with E-state index in [4.69, 9.17) is 18.9 Å². The fourth-order valence-electron chi connectivity index (χ4n) is 3.38. The number of rotatable bonds is 6. The molecule has 0 saturated carbocycles. The number of hydrogen-bond acceptors (Lipinski definition) is 6. The van der Waals surface area contributed by atoms with Crippen molar-refractivity contribution in [2.45, 2.75) is 25.0 Å². The smallest absolute Gasteiger partial charge is 0.251 e. The molecule has 0 unspecified atom stereocenters. The molecular weight excluding hydrogens is 352 g/mol. The van der Waals surface area contributed by atoms with Crippen molar-refractivity contribution in [1.29, 1.82) is 0 Å². The van der Waals surface area contributed by atoms with Crippen molar-refractivity contribution < 1.29 is 28.5 Å². The van der Waals surface area contributed by atoms with Gasteiger partial charge in [0.15, 0.2) is 17.6 Å². The van der Waals surface area contributed by atoms with Gasteiger partial charge < -0.3 is 29.6 Å². The standard InChI is InChI=1S/C19H26N2O6/c1-24-14-4-3-13(9-15(14)25-2)17-18(27-11-16(22)21-17)19(23)20-10-12-5-7-26-8-6-12/h3-4,9,12,17-18H,5-8,10-11H2,1-2H3,(H,20,23)(H,21,22)/t17-,18+/m1/s1. The first-order valence-corrected chi connectivity index (χ1v) is 9.10. The zero-order chi connectivity index (χ0) is 19.2. The number of amides is 2. The maximum atomic E-state index is 12.7. The van der Waals surface area contributed by atoms with E-state index in [1.807, 2.05) is 0 Å². The molecule has 0 aromatic heterocycles. The molecule has 2 aliphatic heterocycles. The van der Waals surface area contributed by atoms with Crippen molar-refractivity contribution in [2.24, 2.45) is 5.92 Å². The highest BCUT2D eigenvalue weighted by Gasteiger charge is 2.36. The molecule has 2 saturated heterocycles. The average Bonchev–Trinajstić information content (AvgIpc) is 2.72. The van der Waals surface area contributed by atoms with Crippen LogP contribution >= 0.6 is 0 Å². The van der Waals surface area contributed by atoms with Gasteiger partial charge in [-0.25, -0.2) is 0 Å². The molecule has 2 fully saturated rings. The van der Waals surface area contributed by atoms with Gasteiger partial charge in [-0.15, -0.1) is 0 Å². The summed E-state index contributed by atoms with van der Waals surface area (Å²) in [6, 6.07) is 4.68. The highest BCUT2D eigenvalue weighted by Crippen LogP contribution is 2.32. The summed E-state index contributed by atoms with van der Waals surface area (Å²) in [5.74, 6) is 1.01. The SMILES string of the molecule is COc1ccc([C@H]2NC(=O)CO[C@@H]2C(=O)NCC2CCOCC2)cc1OC. The van der Waals surface area contributed by atoms with E-state index < -0.39 is 12.1 Å². The van der Waals surface area contributed by atoms with E-state index in [-0.39, 0.29) is 18.4 Å². The third kappa shape index (κ3) is 4.70. The molecule has 0 spiro atoms. The predicted octanol–water partition coefficient (Wildman–Crippen LogP) is 0.803. The van der Waals surface area contributed by atoms with Crippen LogP contribution in [0.4, 0.5) is 0 Å². The van der Waals surface area contributed by atoms with Crippen LogP contribution in [0.2, 0.25) is 0 Å². The number of methoxy groups -OCH3 is 2. The number of hydrogen-bond donors (Lipinski definition) is 2. The largest absolute Gasteiger partial charge is 0.493 e. The predicted molar refractivity (Wildman–Crippen MR) is 96.7 cm³/mol. The van der Waals surface area contributed by atoms with Crippen molar-refractivity contribution in [3.8, 4) is 11.5 Å². The van der Waals surface area contributed by atoms with E-state index in [1.54, 1.807) is 25.3 Å². The van der Waals surface area contributed by atoms with Crippen molar-refractivity contribution >= 4 is 11.8 Å². The Morgan fingerprint density at radius 2 is 1.96 bits per heavy atom. The topological polar surface area (TPSA) is 95.1 Å². The highest BCUT2D eigenvalue weighted by molar-refractivity contribution is 5.86. The van der Waals surface area contributed by atoms with Gasteiger partial charge in [-0.3, -0.25) is 9.59 Å². The summed E-state index contributed by atoms with van der Waals surface area (Å²) in [4.78, 5) is 24.6. The number of morpholine rings is 1. The molecule has 27 heavy (non-hydrogen) atoms. The fourth-order valence-corrected chi connectivity index (χ4v) is 3.38. The van der Waals surface area contributed by atoms with Crippen LogP contribution in [-0.4, -0.2) is 58.5 Å². The minimum absolute atomic E-state index is 0.140. The molecule has 1 aromatic rings. The Kier molecular flexibility index (Phi) is 6.52. The Morgan fingerprint density at radius 3 is 2.67 bits per heavy atom. The zero-order valence-electron chi connectivity index (χ0n) is 15.7. The molecule has 0 radical (unpaired) electrons. The van der Waals surface area contributed by atoms with Crippen molar-refractivity contribution in [1.82, 2.24) is 10.6 Å². The first-order valence-electron chi connectivity index (χ1n) is 9.10. The summed E-state index contributed by atoms with van der Waals surface area (Å²) < 4.78 is 21.5. The van der Waals surface area contributed by atoms with E-state index >= 15 is 0 Å². The molecular formula is C19H26N2O6. The Hall–Kier alpha value is -2.32. The Bertz CT molecular complexity index is 674. The number of carbonyl (C=O) groups excluding carboxylic acids is 2. The molecule has 0 aliphatic carbocycles. The first-order chi connectivity index (χ1) is 13.1. The van der Waals surface area contributed by atoms with Gasteiger partial charge in [0.1, 0.15) is 6.61 Å². The number of nitrogens with one attached hydrogen (secondary N) is 2. The van der Waals surface area contributed by atoms with Crippen molar-refractivity contribution in [3.63, 3.8) is 0 Å². The van der Waals surface area contributed by atoms with Crippen LogP contribution in [0.15, 0.2) is 18.2 Å². The Morgan fingerprint density at radius 1 is 1.22 bits per heavy atom. The van der Waals surface area contributed by atoms with Crippen LogP contribution in [0, 0.1) is 5.92 Å². The van der Waals surface area contributed by atoms with Crippen LogP contribution in [0.1, 0.15) is 24.4 Å². The Labute approximate surface area is 158 Å². The van der Waals surface area contributed by atoms with Gasteiger partial charge in [0, 0.05) is 19.8 Å². The van der Waals surface area contributed by atoms with Gasteiger partial charge in [-0.1, -0.05) is 6.07 Å².